The van der Waals surface area contributed by atoms with E-state index < -0.39 is 6.36 Å². The number of carbonyl (C=O) groups is 1. The Morgan fingerprint density at radius 1 is 1.30 bits per heavy atom. The SMILES string of the molecule is CCN(CCCCl)C(=O)c1ccc(OC(F)(F)F)cc1. The summed E-state index contributed by atoms with van der Waals surface area (Å²) in [4.78, 5) is 13.7. The maximum atomic E-state index is 12.1. The van der Waals surface area contributed by atoms with Gasteiger partial charge in [0.25, 0.3) is 5.91 Å². The molecule has 0 unspecified atom stereocenters. The molecule has 0 radical (unpaired) electrons. The molecule has 0 fully saturated rings. The van der Waals surface area contributed by atoms with Crippen molar-refractivity contribution in [1.82, 2.24) is 4.90 Å². The number of halogens is 4. The zero-order valence-electron chi connectivity index (χ0n) is 10.9. The molecule has 0 aliphatic rings. The third-order valence-electron chi connectivity index (χ3n) is 2.57. The first kappa shape index (κ1) is 16.6. The number of nitrogens with zero attached hydrogens (tertiary/aromatic N) is 1. The Morgan fingerprint density at radius 3 is 2.35 bits per heavy atom. The van der Waals surface area contributed by atoms with Gasteiger partial charge < -0.3 is 9.64 Å². The number of carbonyl (C=O) groups excluding carboxylic acids is 1. The number of benzene rings is 1. The van der Waals surface area contributed by atoms with Crippen LogP contribution < -0.4 is 4.74 Å². The number of amides is 1. The minimum absolute atomic E-state index is 0.240. The molecule has 1 amide bonds. The van der Waals surface area contributed by atoms with Crippen molar-refractivity contribution in [2.45, 2.75) is 19.7 Å². The molecule has 1 aromatic rings. The molecule has 112 valence electrons. The first-order valence-electron chi connectivity index (χ1n) is 6.08. The van der Waals surface area contributed by atoms with Crippen LogP contribution in [0.3, 0.4) is 0 Å². The van der Waals surface area contributed by atoms with Crippen LogP contribution in [0.2, 0.25) is 0 Å². The van der Waals surface area contributed by atoms with Crippen LogP contribution in [-0.2, 0) is 0 Å². The Hall–Kier alpha value is -1.43. The second-order valence-corrected chi connectivity index (χ2v) is 4.38. The molecule has 0 bridgehead atoms. The van der Waals surface area contributed by atoms with Crippen LogP contribution in [0.25, 0.3) is 0 Å². The lowest BCUT2D eigenvalue weighted by atomic mass is 10.2. The second-order valence-electron chi connectivity index (χ2n) is 4.00. The molecule has 0 aliphatic heterocycles. The van der Waals surface area contributed by atoms with E-state index in [1.807, 2.05) is 6.92 Å². The molecule has 1 aromatic carbocycles. The molecular formula is C13H15ClF3NO2. The summed E-state index contributed by atoms with van der Waals surface area (Å²) in [5, 5.41) is 0. The molecule has 0 spiro atoms. The highest BCUT2D eigenvalue weighted by atomic mass is 35.5. The van der Waals surface area contributed by atoms with E-state index in [1.54, 1.807) is 4.90 Å². The molecule has 20 heavy (non-hydrogen) atoms. The first-order valence-corrected chi connectivity index (χ1v) is 6.62. The van der Waals surface area contributed by atoms with E-state index in [2.05, 4.69) is 4.74 Å². The van der Waals surface area contributed by atoms with Crippen LogP contribution in [-0.4, -0.2) is 36.1 Å². The maximum absolute atomic E-state index is 12.1. The third kappa shape index (κ3) is 5.28. The van der Waals surface area contributed by atoms with E-state index in [0.717, 1.165) is 12.1 Å². The summed E-state index contributed by atoms with van der Waals surface area (Å²) < 4.78 is 39.8. The molecule has 7 heteroatoms. The van der Waals surface area contributed by atoms with Gasteiger partial charge in [-0.05, 0) is 37.6 Å². The molecule has 0 aromatic heterocycles. The molecule has 1 rings (SSSR count). The van der Waals surface area contributed by atoms with Crippen molar-refractivity contribution in [3.05, 3.63) is 29.8 Å². The lowest BCUT2D eigenvalue weighted by Crippen LogP contribution is -2.32. The molecule has 3 nitrogen and oxygen atoms in total. The molecule has 0 aliphatic carbocycles. The van der Waals surface area contributed by atoms with E-state index in [4.69, 9.17) is 11.6 Å². The fourth-order valence-electron chi connectivity index (χ4n) is 1.64. The summed E-state index contributed by atoms with van der Waals surface area (Å²) in [7, 11) is 0. The number of ether oxygens (including phenoxy) is 1. The monoisotopic (exact) mass is 309 g/mol. The van der Waals surface area contributed by atoms with Gasteiger partial charge in [0.05, 0.1) is 0 Å². The highest BCUT2D eigenvalue weighted by Crippen LogP contribution is 2.23. The van der Waals surface area contributed by atoms with Gasteiger partial charge in [-0.25, -0.2) is 0 Å². The van der Waals surface area contributed by atoms with Gasteiger partial charge in [-0.2, -0.15) is 0 Å². The Bertz CT molecular complexity index is 434. The standard InChI is InChI=1S/C13H15ClF3NO2/c1-2-18(9-3-8-14)12(19)10-4-6-11(7-5-10)20-13(15,16)17/h4-7H,2-3,8-9H2,1H3. The molecular weight excluding hydrogens is 295 g/mol. The number of alkyl halides is 4. The lowest BCUT2D eigenvalue weighted by Gasteiger charge is -2.20. The number of rotatable bonds is 6. The Morgan fingerprint density at radius 2 is 1.90 bits per heavy atom. The fraction of sp³-hybridized carbons (Fsp3) is 0.462. The van der Waals surface area contributed by atoms with Gasteiger partial charge in [0.1, 0.15) is 5.75 Å². The molecule has 0 saturated carbocycles. The summed E-state index contributed by atoms with van der Waals surface area (Å²) in [6.45, 7) is 2.85. The average molecular weight is 310 g/mol. The normalized spacial score (nSPS) is 11.2. The van der Waals surface area contributed by atoms with Crippen molar-refractivity contribution in [2.75, 3.05) is 19.0 Å². The van der Waals surface area contributed by atoms with Gasteiger partial charge in [-0.15, -0.1) is 24.8 Å². The van der Waals surface area contributed by atoms with Crippen LogP contribution in [0.15, 0.2) is 24.3 Å². The summed E-state index contributed by atoms with van der Waals surface area (Å²) in [5.41, 5.74) is 0.316. The van der Waals surface area contributed by atoms with E-state index in [9.17, 15) is 18.0 Å². The predicted molar refractivity (Wildman–Crippen MR) is 70.0 cm³/mol. The third-order valence-corrected chi connectivity index (χ3v) is 2.83. The number of hydrogen-bond acceptors (Lipinski definition) is 2. The molecule has 0 N–H and O–H groups in total. The predicted octanol–water partition coefficient (Wildman–Crippen LogP) is 3.68. The lowest BCUT2D eigenvalue weighted by molar-refractivity contribution is -0.274. The summed E-state index contributed by atoms with van der Waals surface area (Å²) in [5.74, 6) is -0.142. The zero-order valence-corrected chi connectivity index (χ0v) is 11.7. The van der Waals surface area contributed by atoms with Crippen LogP contribution in [0.4, 0.5) is 13.2 Å². The Balaban J connectivity index is 2.74. The highest BCUT2D eigenvalue weighted by Gasteiger charge is 2.31. The van der Waals surface area contributed by atoms with Crippen molar-refractivity contribution in [3.63, 3.8) is 0 Å². The van der Waals surface area contributed by atoms with Crippen molar-refractivity contribution < 1.29 is 22.7 Å². The Kier molecular flexibility index (Phi) is 6.13. The van der Waals surface area contributed by atoms with Crippen molar-refractivity contribution >= 4 is 17.5 Å². The van der Waals surface area contributed by atoms with Gasteiger partial charge in [0, 0.05) is 24.5 Å². The van der Waals surface area contributed by atoms with Crippen LogP contribution in [0.1, 0.15) is 23.7 Å². The average Bonchev–Trinajstić information content (AvgIpc) is 2.38. The maximum Gasteiger partial charge on any atom is 0.573 e. The summed E-state index contributed by atoms with van der Waals surface area (Å²) in [6, 6.07) is 4.87. The van der Waals surface area contributed by atoms with E-state index in [-0.39, 0.29) is 11.7 Å². The minimum Gasteiger partial charge on any atom is -0.406 e. The van der Waals surface area contributed by atoms with Crippen molar-refractivity contribution in [2.24, 2.45) is 0 Å². The topological polar surface area (TPSA) is 29.5 Å². The van der Waals surface area contributed by atoms with Crippen LogP contribution in [0, 0.1) is 0 Å². The van der Waals surface area contributed by atoms with Gasteiger partial charge >= 0.3 is 6.36 Å². The van der Waals surface area contributed by atoms with Gasteiger partial charge in [0.2, 0.25) is 0 Å². The quantitative estimate of drug-likeness (QED) is 0.750. The largest absolute Gasteiger partial charge is 0.573 e. The van der Waals surface area contributed by atoms with E-state index in [0.29, 0.717) is 31.0 Å². The molecule has 0 saturated heterocycles. The Labute approximate surface area is 120 Å². The van der Waals surface area contributed by atoms with E-state index in [1.165, 1.54) is 12.1 Å². The smallest absolute Gasteiger partial charge is 0.406 e. The summed E-state index contributed by atoms with van der Waals surface area (Å²) >= 11 is 5.57. The minimum atomic E-state index is -4.73. The van der Waals surface area contributed by atoms with Gasteiger partial charge in [0.15, 0.2) is 0 Å². The highest BCUT2D eigenvalue weighted by molar-refractivity contribution is 6.17. The van der Waals surface area contributed by atoms with Crippen molar-refractivity contribution in [3.8, 4) is 5.75 Å². The van der Waals surface area contributed by atoms with E-state index >= 15 is 0 Å². The van der Waals surface area contributed by atoms with Crippen LogP contribution in [0.5, 0.6) is 5.75 Å². The fourth-order valence-corrected chi connectivity index (χ4v) is 1.76. The number of hydrogen-bond donors (Lipinski definition) is 0. The zero-order chi connectivity index (χ0) is 15.2. The van der Waals surface area contributed by atoms with Crippen LogP contribution >= 0.6 is 11.6 Å². The van der Waals surface area contributed by atoms with Crippen molar-refractivity contribution in [1.29, 1.82) is 0 Å². The first-order chi connectivity index (χ1) is 9.37. The second kappa shape index (κ2) is 7.38. The van der Waals surface area contributed by atoms with Gasteiger partial charge in [-0.3, -0.25) is 4.79 Å². The summed E-state index contributed by atoms with van der Waals surface area (Å²) in [6.07, 6.45) is -4.07. The van der Waals surface area contributed by atoms with Gasteiger partial charge in [-0.1, -0.05) is 0 Å². The molecule has 0 atom stereocenters. The molecule has 0 heterocycles.